The Morgan fingerprint density at radius 2 is 1.95 bits per heavy atom. The molecule has 0 radical (unpaired) electrons. The van der Waals surface area contributed by atoms with Crippen molar-refractivity contribution in [3.8, 4) is 0 Å². The third-order valence-electron chi connectivity index (χ3n) is 4.00. The number of piperidine rings is 1. The average Bonchev–Trinajstić information content (AvgIpc) is 3.28. The summed E-state index contributed by atoms with van der Waals surface area (Å²) in [5, 5.41) is 3.30. The number of carbonyl (C=O) groups excluding carboxylic acids is 1. The third kappa shape index (κ3) is 6.20. The van der Waals surface area contributed by atoms with E-state index in [0.717, 1.165) is 38.5 Å². The molecule has 2 rings (SSSR count). The second-order valence-corrected chi connectivity index (χ2v) is 5.90. The Labute approximate surface area is 122 Å². The fraction of sp³-hybridized carbons (Fsp3) is 0.933. The van der Waals surface area contributed by atoms with Gasteiger partial charge in [-0.15, -0.1) is 0 Å². The van der Waals surface area contributed by atoms with Crippen LogP contribution in [0.25, 0.3) is 0 Å². The van der Waals surface area contributed by atoms with Crippen LogP contribution in [-0.2, 0) is 14.3 Å². The van der Waals surface area contributed by atoms with Crippen molar-refractivity contribution in [1.29, 1.82) is 0 Å². The third-order valence-corrected chi connectivity index (χ3v) is 4.00. The summed E-state index contributed by atoms with van der Waals surface area (Å²) in [6.45, 7) is 4.78. The van der Waals surface area contributed by atoms with Gasteiger partial charge in [0.15, 0.2) is 0 Å². The second kappa shape index (κ2) is 8.60. The molecule has 1 aliphatic heterocycles. The van der Waals surface area contributed by atoms with Crippen LogP contribution in [-0.4, -0.2) is 63.4 Å². The molecule has 0 aromatic rings. The molecule has 0 atom stereocenters. The first kappa shape index (κ1) is 15.7. The monoisotopic (exact) mass is 284 g/mol. The van der Waals surface area contributed by atoms with Crippen LogP contribution in [0.1, 0.15) is 32.1 Å². The van der Waals surface area contributed by atoms with Crippen molar-refractivity contribution in [3.63, 3.8) is 0 Å². The molecule has 2 fully saturated rings. The molecule has 2 aliphatic rings. The first-order valence-corrected chi connectivity index (χ1v) is 7.89. The Morgan fingerprint density at radius 3 is 2.65 bits per heavy atom. The van der Waals surface area contributed by atoms with Crippen LogP contribution in [0.2, 0.25) is 0 Å². The molecular formula is C15H28N2O3. The van der Waals surface area contributed by atoms with E-state index in [4.69, 9.17) is 9.47 Å². The van der Waals surface area contributed by atoms with Crippen LogP contribution >= 0.6 is 0 Å². The number of nitrogens with one attached hydrogen (secondary N) is 1. The molecule has 0 spiro atoms. The zero-order chi connectivity index (χ0) is 14.2. The largest absolute Gasteiger partial charge is 0.379 e. The minimum atomic E-state index is 0.147. The van der Waals surface area contributed by atoms with E-state index in [1.165, 1.54) is 12.8 Å². The predicted octanol–water partition coefficient (Wildman–Crippen LogP) is 1.03. The highest BCUT2D eigenvalue weighted by atomic mass is 16.5. The van der Waals surface area contributed by atoms with Gasteiger partial charge < -0.3 is 19.7 Å². The molecule has 1 aliphatic carbocycles. The van der Waals surface area contributed by atoms with Crippen LogP contribution in [0.5, 0.6) is 0 Å². The van der Waals surface area contributed by atoms with E-state index in [1.807, 2.05) is 7.05 Å². The summed E-state index contributed by atoms with van der Waals surface area (Å²) in [5.74, 6) is 0.934. The fourth-order valence-electron chi connectivity index (χ4n) is 2.33. The number of likely N-dealkylation sites (N-methyl/N-ethyl adjacent to an activating group) is 1. The Kier molecular flexibility index (Phi) is 6.76. The van der Waals surface area contributed by atoms with Crippen LogP contribution < -0.4 is 5.32 Å². The standard InChI is InChI=1S/C15H28N2O3/c1-17(9-11-19-12-13-2-3-13)15(18)6-10-20-14-4-7-16-8-5-14/h13-14,16H,2-12H2,1H3. The summed E-state index contributed by atoms with van der Waals surface area (Å²) in [5.41, 5.74) is 0. The Balaban J connectivity index is 1.46. The van der Waals surface area contributed by atoms with Crippen molar-refractivity contribution < 1.29 is 14.3 Å². The molecule has 0 aromatic carbocycles. The number of nitrogens with zero attached hydrogens (tertiary/aromatic N) is 1. The lowest BCUT2D eigenvalue weighted by molar-refractivity contribution is -0.132. The number of hydrogen-bond acceptors (Lipinski definition) is 4. The van der Waals surface area contributed by atoms with Gasteiger partial charge in [-0.1, -0.05) is 0 Å². The lowest BCUT2D eigenvalue weighted by Crippen LogP contribution is -2.34. The maximum atomic E-state index is 11.9. The normalized spacial score (nSPS) is 20.1. The molecule has 5 heteroatoms. The fourth-order valence-corrected chi connectivity index (χ4v) is 2.33. The molecule has 1 saturated heterocycles. The van der Waals surface area contributed by atoms with E-state index in [9.17, 15) is 4.79 Å². The van der Waals surface area contributed by atoms with E-state index in [2.05, 4.69) is 5.32 Å². The van der Waals surface area contributed by atoms with Crippen molar-refractivity contribution in [2.24, 2.45) is 5.92 Å². The number of hydrogen-bond donors (Lipinski definition) is 1. The molecule has 116 valence electrons. The smallest absolute Gasteiger partial charge is 0.224 e. The van der Waals surface area contributed by atoms with Gasteiger partial charge >= 0.3 is 0 Å². The van der Waals surface area contributed by atoms with Crippen LogP contribution in [0.15, 0.2) is 0 Å². The molecule has 1 saturated carbocycles. The van der Waals surface area contributed by atoms with E-state index in [0.29, 0.717) is 32.3 Å². The van der Waals surface area contributed by atoms with E-state index < -0.39 is 0 Å². The Hall–Kier alpha value is -0.650. The maximum Gasteiger partial charge on any atom is 0.224 e. The van der Waals surface area contributed by atoms with Gasteiger partial charge in [0.1, 0.15) is 0 Å². The lowest BCUT2D eigenvalue weighted by atomic mass is 10.1. The predicted molar refractivity (Wildman–Crippen MR) is 77.6 cm³/mol. The van der Waals surface area contributed by atoms with Gasteiger partial charge in [-0.2, -0.15) is 0 Å². The zero-order valence-corrected chi connectivity index (χ0v) is 12.6. The van der Waals surface area contributed by atoms with Gasteiger partial charge in [0.05, 0.1) is 25.7 Å². The van der Waals surface area contributed by atoms with Gasteiger partial charge in [0.25, 0.3) is 0 Å². The molecule has 5 nitrogen and oxygen atoms in total. The van der Waals surface area contributed by atoms with Crippen molar-refractivity contribution in [3.05, 3.63) is 0 Å². The maximum absolute atomic E-state index is 11.9. The van der Waals surface area contributed by atoms with Gasteiger partial charge in [-0.25, -0.2) is 0 Å². The quantitative estimate of drug-likeness (QED) is 0.643. The Bertz CT molecular complexity index is 289. The van der Waals surface area contributed by atoms with E-state index >= 15 is 0 Å². The first-order valence-electron chi connectivity index (χ1n) is 7.89. The minimum Gasteiger partial charge on any atom is -0.379 e. The van der Waals surface area contributed by atoms with Crippen LogP contribution in [0, 0.1) is 5.92 Å². The highest BCUT2D eigenvalue weighted by molar-refractivity contribution is 5.75. The van der Waals surface area contributed by atoms with Gasteiger partial charge in [-0.3, -0.25) is 4.79 Å². The summed E-state index contributed by atoms with van der Waals surface area (Å²) in [7, 11) is 1.84. The lowest BCUT2D eigenvalue weighted by Gasteiger charge is -2.23. The van der Waals surface area contributed by atoms with Gasteiger partial charge in [0, 0.05) is 20.2 Å². The first-order chi connectivity index (χ1) is 9.75. The molecule has 20 heavy (non-hydrogen) atoms. The molecule has 1 heterocycles. The minimum absolute atomic E-state index is 0.147. The number of rotatable bonds is 9. The number of carbonyl (C=O) groups is 1. The van der Waals surface area contributed by atoms with Gasteiger partial charge in [0.2, 0.25) is 5.91 Å². The SMILES string of the molecule is CN(CCOCC1CC1)C(=O)CCOC1CCNCC1. The second-order valence-electron chi connectivity index (χ2n) is 5.90. The van der Waals surface area contributed by atoms with E-state index in [-0.39, 0.29) is 5.91 Å². The summed E-state index contributed by atoms with van der Waals surface area (Å²) >= 11 is 0. The summed E-state index contributed by atoms with van der Waals surface area (Å²) < 4.78 is 11.3. The van der Waals surface area contributed by atoms with Crippen LogP contribution in [0.3, 0.4) is 0 Å². The Morgan fingerprint density at radius 1 is 1.20 bits per heavy atom. The summed E-state index contributed by atoms with van der Waals surface area (Å²) in [4.78, 5) is 13.7. The van der Waals surface area contributed by atoms with E-state index in [1.54, 1.807) is 4.90 Å². The molecule has 1 N–H and O–H groups in total. The van der Waals surface area contributed by atoms with Crippen LogP contribution in [0.4, 0.5) is 0 Å². The molecule has 0 aromatic heterocycles. The van der Waals surface area contributed by atoms with Gasteiger partial charge in [-0.05, 0) is 44.7 Å². The summed E-state index contributed by atoms with van der Waals surface area (Å²) in [6.07, 6.45) is 5.53. The zero-order valence-electron chi connectivity index (χ0n) is 12.6. The molecule has 0 bridgehead atoms. The highest BCUT2D eigenvalue weighted by Crippen LogP contribution is 2.28. The summed E-state index contributed by atoms with van der Waals surface area (Å²) in [6, 6.07) is 0. The van der Waals surface area contributed by atoms with Crippen molar-refractivity contribution >= 4 is 5.91 Å². The molecular weight excluding hydrogens is 256 g/mol. The van der Waals surface area contributed by atoms with Crippen molar-refractivity contribution in [2.75, 3.05) is 46.5 Å². The van der Waals surface area contributed by atoms with Crippen molar-refractivity contribution in [2.45, 2.75) is 38.2 Å². The highest BCUT2D eigenvalue weighted by Gasteiger charge is 2.21. The number of amides is 1. The topological polar surface area (TPSA) is 50.8 Å². The molecule has 1 amide bonds. The molecule has 0 unspecified atom stereocenters. The number of ether oxygens (including phenoxy) is 2. The van der Waals surface area contributed by atoms with Crippen molar-refractivity contribution in [1.82, 2.24) is 10.2 Å². The average molecular weight is 284 g/mol.